The first-order chi connectivity index (χ1) is 8.45. The molecular formula is C16H34BrNO. The van der Waals surface area contributed by atoms with Crippen LogP contribution in [0.25, 0.3) is 0 Å². The van der Waals surface area contributed by atoms with E-state index in [1.807, 2.05) is 0 Å². The molecule has 0 heterocycles. The van der Waals surface area contributed by atoms with Crippen LogP contribution in [-0.4, -0.2) is 38.0 Å². The SMILES string of the molecule is CCCCCCCCCCCC(=O)C[N+](C)(C)C.[Br-]. The van der Waals surface area contributed by atoms with Crippen molar-refractivity contribution in [1.82, 2.24) is 0 Å². The van der Waals surface area contributed by atoms with Crippen LogP contribution in [-0.2, 0) is 4.79 Å². The summed E-state index contributed by atoms with van der Waals surface area (Å²) in [4.78, 5) is 11.7. The van der Waals surface area contributed by atoms with Crippen molar-refractivity contribution < 1.29 is 26.3 Å². The molecule has 0 aliphatic rings. The third-order valence-electron chi connectivity index (χ3n) is 3.21. The molecule has 0 spiro atoms. The van der Waals surface area contributed by atoms with Gasteiger partial charge in [-0.3, -0.25) is 4.79 Å². The van der Waals surface area contributed by atoms with E-state index in [9.17, 15) is 4.79 Å². The van der Waals surface area contributed by atoms with E-state index >= 15 is 0 Å². The third kappa shape index (κ3) is 18.1. The average Bonchev–Trinajstić information content (AvgIpc) is 2.24. The zero-order valence-corrected chi connectivity index (χ0v) is 15.1. The van der Waals surface area contributed by atoms with Crippen molar-refractivity contribution in [3.63, 3.8) is 0 Å². The monoisotopic (exact) mass is 335 g/mol. The van der Waals surface area contributed by atoms with Gasteiger partial charge in [0.25, 0.3) is 0 Å². The first kappa shape index (κ1) is 21.4. The molecule has 0 radical (unpaired) electrons. The summed E-state index contributed by atoms with van der Waals surface area (Å²) in [6.45, 7) is 2.93. The van der Waals surface area contributed by atoms with Crippen LogP contribution >= 0.6 is 0 Å². The van der Waals surface area contributed by atoms with Crippen LogP contribution in [0.4, 0.5) is 0 Å². The maximum Gasteiger partial charge on any atom is 0.186 e. The molecule has 0 unspecified atom stereocenters. The highest BCUT2D eigenvalue weighted by molar-refractivity contribution is 5.79. The summed E-state index contributed by atoms with van der Waals surface area (Å²) in [5.41, 5.74) is 0. The molecule has 0 aromatic heterocycles. The van der Waals surface area contributed by atoms with Gasteiger partial charge in [0.05, 0.1) is 21.1 Å². The number of likely N-dealkylation sites (N-methyl/N-ethyl adjacent to an activating group) is 1. The van der Waals surface area contributed by atoms with Crippen molar-refractivity contribution in [2.24, 2.45) is 0 Å². The summed E-state index contributed by atoms with van der Waals surface area (Å²) < 4.78 is 0.760. The Morgan fingerprint density at radius 1 is 0.789 bits per heavy atom. The van der Waals surface area contributed by atoms with Gasteiger partial charge in [-0.2, -0.15) is 0 Å². The minimum atomic E-state index is 0. The summed E-state index contributed by atoms with van der Waals surface area (Å²) in [7, 11) is 6.23. The smallest absolute Gasteiger partial charge is 0.186 e. The molecule has 0 N–H and O–H groups in total. The Morgan fingerprint density at radius 3 is 1.63 bits per heavy atom. The third-order valence-corrected chi connectivity index (χ3v) is 3.21. The van der Waals surface area contributed by atoms with E-state index < -0.39 is 0 Å². The number of hydrogen-bond acceptors (Lipinski definition) is 1. The van der Waals surface area contributed by atoms with E-state index in [1.54, 1.807) is 0 Å². The molecule has 0 fully saturated rings. The average molecular weight is 336 g/mol. The summed E-state index contributed by atoms with van der Waals surface area (Å²) in [6, 6.07) is 0. The lowest BCUT2D eigenvalue weighted by Crippen LogP contribution is -3.00. The van der Waals surface area contributed by atoms with Gasteiger partial charge in [-0.05, 0) is 6.42 Å². The highest BCUT2D eigenvalue weighted by atomic mass is 79.9. The molecule has 116 valence electrons. The summed E-state index contributed by atoms with van der Waals surface area (Å²) in [6.07, 6.45) is 12.7. The molecule has 0 aromatic rings. The minimum Gasteiger partial charge on any atom is -1.00 e. The van der Waals surface area contributed by atoms with Crippen LogP contribution in [0.15, 0.2) is 0 Å². The zero-order valence-electron chi connectivity index (χ0n) is 13.5. The molecule has 0 amide bonds. The van der Waals surface area contributed by atoms with Crippen molar-refractivity contribution in [1.29, 1.82) is 0 Å². The Hall–Kier alpha value is 0.110. The van der Waals surface area contributed by atoms with Crippen LogP contribution in [0.3, 0.4) is 0 Å². The number of Topliss-reactive ketones (excluding diaryl/α,β-unsaturated/α-hetero) is 1. The number of rotatable bonds is 12. The van der Waals surface area contributed by atoms with Crippen LogP contribution in [0.5, 0.6) is 0 Å². The zero-order chi connectivity index (χ0) is 13.9. The van der Waals surface area contributed by atoms with Gasteiger partial charge >= 0.3 is 0 Å². The minimum absolute atomic E-state index is 0. The lowest BCUT2D eigenvalue weighted by Gasteiger charge is -2.22. The van der Waals surface area contributed by atoms with E-state index in [2.05, 4.69) is 28.1 Å². The highest BCUT2D eigenvalue weighted by Crippen LogP contribution is 2.10. The number of unbranched alkanes of at least 4 members (excludes halogenated alkanes) is 8. The van der Waals surface area contributed by atoms with E-state index in [0.29, 0.717) is 12.3 Å². The number of nitrogens with zero attached hydrogens (tertiary/aromatic N) is 1. The van der Waals surface area contributed by atoms with Gasteiger partial charge in [-0.15, -0.1) is 0 Å². The fourth-order valence-electron chi connectivity index (χ4n) is 2.24. The molecule has 0 bridgehead atoms. The first-order valence-electron chi connectivity index (χ1n) is 7.78. The van der Waals surface area contributed by atoms with E-state index in [4.69, 9.17) is 0 Å². The Balaban J connectivity index is 0. The molecule has 0 aliphatic carbocycles. The number of halogens is 1. The van der Waals surface area contributed by atoms with Crippen LogP contribution in [0.1, 0.15) is 71.1 Å². The molecule has 0 rings (SSSR count). The molecule has 0 atom stereocenters. The Morgan fingerprint density at radius 2 is 1.21 bits per heavy atom. The van der Waals surface area contributed by atoms with Crippen molar-refractivity contribution in [2.75, 3.05) is 27.7 Å². The van der Waals surface area contributed by atoms with Gasteiger partial charge in [0.1, 0.15) is 6.54 Å². The highest BCUT2D eigenvalue weighted by Gasteiger charge is 2.13. The second kappa shape index (κ2) is 13.1. The van der Waals surface area contributed by atoms with Crippen molar-refractivity contribution >= 4 is 5.78 Å². The number of carbonyl (C=O) groups is 1. The number of quaternary nitrogens is 1. The van der Waals surface area contributed by atoms with Crippen LogP contribution in [0, 0.1) is 0 Å². The fraction of sp³-hybridized carbons (Fsp3) is 0.938. The molecule has 0 saturated heterocycles. The topological polar surface area (TPSA) is 17.1 Å². The van der Waals surface area contributed by atoms with Crippen molar-refractivity contribution in [3.05, 3.63) is 0 Å². The lowest BCUT2D eigenvalue weighted by molar-refractivity contribution is -0.862. The number of hydrogen-bond donors (Lipinski definition) is 0. The van der Waals surface area contributed by atoms with Gasteiger partial charge in [0.2, 0.25) is 0 Å². The van der Waals surface area contributed by atoms with Crippen LogP contribution < -0.4 is 17.0 Å². The molecule has 0 aliphatic heterocycles. The first-order valence-corrected chi connectivity index (χ1v) is 7.78. The molecular weight excluding hydrogens is 302 g/mol. The predicted molar refractivity (Wildman–Crippen MR) is 79.8 cm³/mol. The van der Waals surface area contributed by atoms with Gasteiger partial charge in [-0.25, -0.2) is 0 Å². The fourth-order valence-corrected chi connectivity index (χ4v) is 2.24. The molecule has 0 aromatic carbocycles. The molecule has 0 saturated carbocycles. The summed E-state index contributed by atoms with van der Waals surface area (Å²) in [5.74, 6) is 0.422. The van der Waals surface area contributed by atoms with Crippen molar-refractivity contribution in [3.8, 4) is 0 Å². The van der Waals surface area contributed by atoms with Gasteiger partial charge in [-0.1, -0.05) is 58.3 Å². The normalized spacial score (nSPS) is 11.2. The van der Waals surface area contributed by atoms with Gasteiger partial charge < -0.3 is 21.5 Å². The summed E-state index contributed by atoms with van der Waals surface area (Å²) >= 11 is 0. The number of ketones is 1. The quantitative estimate of drug-likeness (QED) is 0.386. The van der Waals surface area contributed by atoms with E-state index in [-0.39, 0.29) is 17.0 Å². The van der Waals surface area contributed by atoms with Gasteiger partial charge in [0, 0.05) is 6.42 Å². The second-order valence-corrected chi connectivity index (χ2v) is 6.57. The maximum atomic E-state index is 11.7. The summed E-state index contributed by atoms with van der Waals surface area (Å²) in [5, 5.41) is 0. The predicted octanol–water partition coefficient (Wildman–Crippen LogP) is 1.19. The molecule has 19 heavy (non-hydrogen) atoms. The molecule has 2 nitrogen and oxygen atoms in total. The van der Waals surface area contributed by atoms with E-state index in [1.165, 1.54) is 51.4 Å². The number of carbonyl (C=O) groups excluding carboxylic acids is 1. The Kier molecular flexibility index (Phi) is 14.8. The Bertz CT molecular complexity index is 211. The van der Waals surface area contributed by atoms with E-state index in [0.717, 1.165) is 17.3 Å². The standard InChI is InChI=1S/C16H34NO.BrH/c1-5-6-7-8-9-10-11-12-13-14-16(18)15-17(2,3)4;/h5-15H2,1-4H3;1H/q+1;/p-1. The second-order valence-electron chi connectivity index (χ2n) is 6.57. The Labute approximate surface area is 131 Å². The lowest BCUT2D eigenvalue weighted by atomic mass is 10.1. The maximum absolute atomic E-state index is 11.7. The van der Waals surface area contributed by atoms with Crippen LogP contribution in [0.2, 0.25) is 0 Å². The largest absolute Gasteiger partial charge is 1.00 e. The van der Waals surface area contributed by atoms with Gasteiger partial charge in [0.15, 0.2) is 5.78 Å². The van der Waals surface area contributed by atoms with Crippen molar-refractivity contribution in [2.45, 2.75) is 71.1 Å². The molecule has 3 heteroatoms.